The zero-order valence-corrected chi connectivity index (χ0v) is 17.0. The molecule has 2 aliphatic heterocycles. The monoisotopic (exact) mass is 411 g/mol. The van der Waals surface area contributed by atoms with E-state index in [0.29, 0.717) is 48.6 Å². The van der Waals surface area contributed by atoms with E-state index in [9.17, 15) is 9.59 Å². The van der Waals surface area contributed by atoms with Gasteiger partial charge < -0.3 is 15.1 Å². The molecule has 0 unspecified atom stereocenters. The van der Waals surface area contributed by atoms with Gasteiger partial charge in [-0.25, -0.2) is 0 Å². The SMILES string of the molecule is Cl.O=C(c1ccc(Cl)cc1)N1CCN(C(=O)[C@@]23CCCC[C@H]2CNC3)CC1. The first-order valence-corrected chi connectivity index (χ1v) is 10.0. The molecule has 4 rings (SSSR count). The molecule has 1 saturated carbocycles. The van der Waals surface area contributed by atoms with E-state index in [1.54, 1.807) is 24.3 Å². The topological polar surface area (TPSA) is 52.7 Å². The van der Waals surface area contributed by atoms with Crippen LogP contribution in [0.25, 0.3) is 0 Å². The number of amides is 2. The first-order valence-electron chi connectivity index (χ1n) is 9.65. The van der Waals surface area contributed by atoms with E-state index in [0.717, 1.165) is 32.4 Å². The lowest BCUT2D eigenvalue weighted by Crippen LogP contribution is -2.56. The van der Waals surface area contributed by atoms with Gasteiger partial charge in [0.15, 0.2) is 0 Å². The summed E-state index contributed by atoms with van der Waals surface area (Å²) in [5.41, 5.74) is 0.459. The van der Waals surface area contributed by atoms with Crippen molar-refractivity contribution in [2.45, 2.75) is 25.7 Å². The van der Waals surface area contributed by atoms with Crippen LogP contribution in [0.5, 0.6) is 0 Å². The molecule has 1 N–H and O–H groups in total. The van der Waals surface area contributed by atoms with Crippen LogP contribution < -0.4 is 5.32 Å². The third-order valence-electron chi connectivity index (χ3n) is 6.41. The van der Waals surface area contributed by atoms with Crippen molar-refractivity contribution in [3.63, 3.8) is 0 Å². The summed E-state index contributed by atoms with van der Waals surface area (Å²) in [5, 5.41) is 4.08. The molecule has 2 heterocycles. The van der Waals surface area contributed by atoms with E-state index >= 15 is 0 Å². The summed E-state index contributed by atoms with van der Waals surface area (Å²) < 4.78 is 0. The maximum Gasteiger partial charge on any atom is 0.253 e. The lowest BCUT2D eigenvalue weighted by atomic mass is 9.67. The summed E-state index contributed by atoms with van der Waals surface area (Å²) in [7, 11) is 0. The summed E-state index contributed by atoms with van der Waals surface area (Å²) in [4.78, 5) is 29.8. The van der Waals surface area contributed by atoms with Crippen LogP contribution in [0, 0.1) is 11.3 Å². The molecular formula is C20H27Cl2N3O2. The molecule has 1 aliphatic carbocycles. The molecule has 0 aromatic heterocycles. The number of halogens is 2. The van der Waals surface area contributed by atoms with Crippen molar-refractivity contribution < 1.29 is 9.59 Å². The Hall–Kier alpha value is -1.30. The van der Waals surface area contributed by atoms with Crippen molar-refractivity contribution in [2.75, 3.05) is 39.3 Å². The van der Waals surface area contributed by atoms with E-state index in [-0.39, 0.29) is 23.7 Å². The van der Waals surface area contributed by atoms with Gasteiger partial charge in [0, 0.05) is 43.3 Å². The molecule has 7 heteroatoms. The van der Waals surface area contributed by atoms with E-state index < -0.39 is 0 Å². The maximum atomic E-state index is 13.3. The Morgan fingerprint density at radius 2 is 1.70 bits per heavy atom. The number of carbonyl (C=O) groups is 2. The molecule has 2 atom stereocenters. The van der Waals surface area contributed by atoms with Crippen LogP contribution in [0.4, 0.5) is 0 Å². The normalized spacial score (nSPS) is 27.7. The molecule has 1 aromatic carbocycles. The van der Waals surface area contributed by atoms with Gasteiger partial charge in [0.2, 0.25) is 5.91 Å². The Labute approximate surface area is 171 Å². The Balaban J connectivity index is 0.00000210. The van der Waals surface area contributed by atoms with Crippen LogP contribution in [-0.4, -0.2) is 60.9 Å². The van der Waals surface area contributed by atoms with Gasteiger partial charge in [-0.3, -0.25) is 9.59 Å². The molecule has 2 amide bonds. The van der Waals surface area contributed by atoms with Crippen LogP contribution in [0.1, 0.15) is 36.0 Å². The Morgan fingerprint density at radius 1 is 1.04 bits per heavy atom. The lowest BCUT2D eigenvalue weighted by molar-refractivity contribution is -0.146. The number of nitrogens with zero attached hydrogens (tertiary/aromatic N) is 2. The van der Waals surface area contributed by atoms with Gasteiger partial charge in [0.1, 0.15) is 0 Å². The minimum Gasteiger partial charge on any atom is -0.339 e. The number of hydrogen-bond donors (Lipinski definition) is 1. The zero-order chi connectivity index (χ0) is 18.1. The van der Waals surface area contributed by atoms with Gasteiger partial charge in [-0.1, -0.05) is 24.4 Å². The molecule has 148 valence electrons. The Kier molecular flexibility index (Phi) is 6.34. The summed E-state index contributed by atoms with van der Waals surface area (Å²) in [6.07, 6.45) is 4.56. The minimum atomic E-state index is -0.194. The van der Waals surface area contributed by atoms with Crippen molar-refractivity contribution >= 4 is 35.8 Å². The number of fused-ring (bicyclic) bond motifs is 1. The predicted molar refractivity (Wildman–Crippen MR) is 108 cm³/mol. The molecule has 0 bridgehead atoms. The average Bonchev–Trinajstić information content (AvgIpc) is 3.13. The van der Waals surface area contributed by atoms with Crippen LogP contribution in [0.3, 0.4) is 0 Å². The highest BCUT2D eigenvalue weighted by molar-refractivity contribution is 6.30. The Morgan fingerprint density at radius 3 is 2.41 bits per heavy atom. The van der Waals surface area contributed by atoms with Gasteiger partial charge in [-0.2, -0.15) is 0 Å². The fraction of sp³-hybridized carbons (Fsp3) is 0.600. The Bertz CT molecular complexity index is 689. The number of hydrogen-bond acceptors (Lipinski definition) is 3. The van der Waals surface area contributed by atoms with E-state index in [4.69, 9.17) is 11.6 Å². The average molecular weight is 412 g/mol. The van der Waals surface area contributed by atoms with Crippen molar-refractivity contribution in [3.8, 4) is 0 Å². The largest absolute Gasteiger partial charge is 0.339 e. The molecule has 0 spiro atoms. The first kappa shape index (κ1) is 20.4. The summed E-state index contributed by atoms with van der Waals surface area (Å²) >= 11 is 5.90. The molecule has 2 saturated heterocycles. The van der Waals surface area contributed by atoms with Gasteiger partial charge in [0.05, 0.1) is 5.41 Å². The minimum absolute atomic E-state index is 0. The van der Waals surface area contributed by atoms with Crippen LogP contribution in [0.15, 0.2) is 24.3 Å². The third kappa shape index (κ3) is 3.82. The van der Waals surface area contributed by atoms with Gasteiger partial charge in [0.25, 0.3) is 5.91 Å². The summed E-state index contributed by atoms with van der Waals surface area (Å²) in [6.45, 7) is 4.25. The standard InChI is InChI=1S/C20H26ClN3O2.ClH/c21-17-6-4-15(5-7-17)18(25)23-9-11-24(12-10-23)19(26)20-8-2-1-3-16(20)13-22-14-20;/h4-7,16,22H,1-3,8-14H2;1H/t16-,20+;/m0./s1. The lowest BCUT2D eigenvalue weighted by Gasteiger charge is -2.43. The van der Waals surface area contributed by atoms with Gasteiger partial charge >= 0.3 is 0 Å². The second-order valence-electron chi connectivity index (χ2n) is 7.82. The fourth-order valence-electron chi connectivity index (χ4n) is 4.87. The smallest absolute Gasteiger partial charge is 0.253 e. The van der Waals surface area contributed by atoms with Crippen molar-refractivity contribution in [3.05, 3.63) is 34.9 Å². The quantitative estimate of drug-likeness (QED) is 0.813. The molecule has 5 nitrogen and oxygen atoms in total. The molecule has 1 aromatic rings. The second kappa shape index (κ2) is 8.38. The number of piperazine rings is 1. The summed E-state index contributed by atoms with van der Waals surface area (Å²) in [5.74, 6) is 0.813. The maximum absolute atomic E-state index is 13.3. The number of rotatable bonds is 2. The molecular weight excluding hydrogens is 385 g/mol. The van der Waals surface area contributed by atoms with Crippen LogP contribution in [0.2, 0.25) is 5.02 Å². The van der Waals surface area contributed by atoms with Crippen molar-refractivity contribution in [2.24, 2.45) is 11.3 Å². The third-order valence-corrected chi connectivity index (χ3v) is 6.66. The van der Waals surface area contributed by atoms with Crippen LogP contribution in [-0.2, 0) is 4.79 Å². The number of carbonyl (C=O) groups excluding carboxylic acids is 2. The van der Waals surface area contributed by atoms with Crippen LogP contribution >= 0.6 is 24.0 Å². The molecule has 0 radical (unpaired) electrons. The highest BCUT2D eigenvalue weighted by atomic mass is 35.5. The fourth-order valence-corrected chi connectivity index (χ4v) is 5.00. The molecule has 3 fully saturated rings. The van der Waals surface area contributed by atoms with E-state index in [2.05, 4.69) is 5.32 Å². The molecule has 3 aliphatic rings. The number of nitrogens with one attached hydrogen (secondary N) is 1. The summed E-state index contributed by atoms with van der Waals surface area (Å²) in [6, 6.07) is 7.00. The van der Waals surface area contributed by atoms with Crippen molar-refractivity contribution in [1.29, 1.82) is 0 Å². The van der Waals surface area contributed by atoms with E-state index in [1.165, 1.54) is 6.42 Å². The predicted octanol–water partition coefficient (Wildman–Crippen LogP) is 2.83. The van der Waals surface area contributed by atoms with Crippen molar-refractivity contribution in [1.82, 2.24) is 15.1 Å². The van der Waals surface area contributed by atoms with Gasteiger partial charge in [-0.05, 0) is 49.6 Å². The highest BCUT2D eigenvalue weighted by Crippen LogP contribution is 2.45. The zero-order valence-electron chi connectivity index (χ0n) is 15.5. The first-order chi connectivity index (χ1) is 12.6. The highest BCUT2D eigenvalue weighted by Gasteiger charge is 2.51. The second-order valence-corrected chi connectivity index (χ2v) is 8.26. The van der Waals surface area contributed by atoms with E-state index in [1.807, 2.05) is 9.80 Å². The number of benzene rings is 1. The molecule has 27 heavy (non-hydrogen) atoms. The van der Waals surface area contributed by atoms with Gasteiger partial charge in [-0.15, -0.1) is 12.4 Å².